The van der Waals surface area contributed by atoms with E-state index in [9.17, 15) is 28.8 Å². The van der Waals surface area contributed by atoms with Crippen LogP contribution in [0.15, 0.2) is 0 Å². The average Bonchev–Trinajstić information content (AvgIpc) is 2.79. The highest BCUT2D eigenvalue weighted by Crippen LogP contribution is 2.42. The van der Waals surface area contributed by atoms with Crippen molar-refractivity contribution in [1.82, 2.24) is 0 Å². The SMILES string of the molecule is COC(=O)[C@H]1C[C@@H]2C[C@@H](O[C@@H]3O[C@H](COC(C)=O)[C@@H](OC(C)=O)[C@H](OC(C)=O)[C@H]3OC(C)=O)[C@H]1C(=O)O2. The fourth-order valence-corrected chi connectivity index (χ4v) is 4.85. The number of hydrogen-bond acceptors (Lipinski definition) is 14. The van der Waals surface area contributed by atoms with Crippen LogP contribution in [-0.2, 0) is 66.7 Å². The molecule has 14 heteroatoms. The van der Waals surface area contributed by atoms with Crippen molar-refractivity contribution in [3.8, 4) is 0 Å². The van der Waals surface area contributed by atoms with Gasteiger partial charge in [-0.1, -0.05) is 0 Å². The van der Waals surface area contributed by atoms with Crippen LogP contribution >= 0.6 is 0 Å². The van der Waals surface area contributed by atoms with Crippen molar-refractivity contribution in [3.63, 3.8) is 0 Å². The first-order valence-corrected chi connectivity index (χ1v) is 11.7. The van der Waals surface area contributed by atoms with Crippen molar-refractivity contribution in [2.75, 3.05) is 13.7 Å². The Labute approximate surface area is 212 Å². The molecule has 3 heterocycles. The summed E-state index contributed by atoms with van der Waals surface area (Å²) in [5, 5.41) is 0. The van der Waals surface area contributed by atoms with Gasteiger partial charge < -0.3 is 37.9 Å². The third kappa shape index (κ3) is 6.74. The first-order chi connectivity index (χ1) is 17.4. The van der Waals surface area contributed by atoms with Gasteiger partial charge in [-0.25, -0.2) is 0 Å². The van der Waals surface area contributed by atoms with Crippen LogP contribution < -0.4 is 0 Å². The summed E-state index contributed by atoms with van der Waals surface area (Å²) in [6, 6.07) is 0. The van der Waals surface area contributed by atoms with Crippen molar-refractivity contribution in [3.05, 3.63) is 0 Å². The molecule has 3 aliphatic heterocycles. The van der Waals surface area contributed by atoms with E-state index in [-0.39, 0.29) is 12.8 Å². The Morgan fingerprint density at radius 1 is 0.838 bits per heavy atom. The molecule has 4 fully saturated rings. The smallest absolute Gasteiger partial charge is 0.312 e. The van der Waals surface area contributed by atoms with E-state index in [0.717, 1.165) is 27.7 Å². The van der Waals surface area contributed by atoms with Gasteiger partial charge in [0.2, 0.25) is 0 Å². The summed E-state index contributed by atoms with van der Waals surface area (Å²) in [6.45, 7) is 4.02. The highest BCUT2D eigenvalue weighted by molar-refractivity contribution is 5.84. The summed E-state index contributed by atoms with van der Waals surface area (Å²) in [5.41, 5.74) is 0. The summed E-state index contributed by atoms with van der Waals surface area (Å²) in [7, 11) is 1.20. The number of ether oxygens (including phenoxy) is 8. The van der Waals surface area contributed by atoms with Crippen LogP contribution in [0.2, 0.25) is 0 Å². The number of fused-ring (bicyclic) bond motifs is 3. The van der Waals surface area contributed by atoms with Crippen LogP contribution in [0.3, 0.4) is 0 Å². The van der Waals surface area contributed by atoms with Crippen LogP contribution in [0.5, 0.6) is 0 Å². The molecule has 0 spiro atoms. The summed E-state index contributed by atoms with van der Waals surface area (Å²) in [4.78, 5) is 72.2. The maximum absolute atomic E-state index is 12.6. The zero-order valence-electron chi connectivity index (χ0n) is 21.0. The van der Waals surface area contributed by atoms with Gasteiger partial charge >= 0.3 is 35.8 Å². The van der Waals surface area contributed by atoms with Crippen molar-refractivity contribution >= 4 is 35.8 Å². The molecule has 0 N–H and O–H groups in total. The molecule has 0 unspecified atom stereocenters. The number of carbonyl (C=O) groups is 6. The fourth-order valence-electron chi connectivity index (χ4n) is 4.85. The monoisotopic (exact) mass is 530 g/mol. The minimum Gasteiger partial charge on any atom is -0.469 e. The van der Waals surface area contributed by atoms with Crippen LogP contribution in [-0.4, -0.2) is 92.4 Å². The van der Waals surface area contributed by atoms with Gasteiger partial charge in [-0.3, -0.25) is 28.8 Å². The molecular weight excluding hydrogens is 500 g/mol. The third-order valence-corrected chi connectivity index (χ3v) is 6.16. The first kappa shape index (κ1) is 28.3. The fraction of sp³-hybridized carbons (Fsp3) is 0.739. The lowest BCUT2D eigenvalue weighted by Gasteiger charge is -2.48. The molecule has 1 aliphatic carbocycles. The van der Waals surface area contributed by atoms with E-state index in [2.05, 4.69) is 0 Å². The van der Waals surface area contributed by atoms with Crippen molar-refractivity contribution in [2.45, 2.75) is 83.5 Å². The van der Waals surface area contributed by atoms with Crippen LogP contribution in [0.1, 0.15) is 40.5 Å². The van der Waals surface area contributed by atoms with Gasteiger partial charge in [0.25, 0.3) is 0 Å². The molecular formula is C23H30O14. The van der Waals surface area contributed by atoms with Crippen molar-refractivity contribution in [1.29, 1.82) is 0 Å². The largest absolute Gasteiger partial charge is 0.469 e. The number of esters is 6. The van der Waals surface area contributed by atoms with E-state index in [1.807, 2.05) is 0 Å². The van der Waals surface area contributed by atoms with Gasteiger partial charge in [0.15, 0.2) is 24.6 Å². The van der Waals surface area contributed by atoms with E-state index in [1.54, 1.807) is 0 Å². The molecule has 0 aromatic heterocycles. The Bertz CT molecular complexity index is 930. The molecule has 1 saturated carbocycles. The van der Waals surface area contributed by atoms with Crippen molar-refractivity contribution in [2.24, 2.45) is 11.8 Å². The second kappa shape index (κ2) is 11.9. The van der Waals surface area contributed by atoms with E-state index in [0.29, 0.717) is 0 Å². The molecule has 37 heavy (non-hydrogen) atoms. The number of methoxy groups -OCH3 is 1. The zero-order valence-corrected chi connectivity index (χ0v) is 21.0. The lowest BCUT2D eigenvalue weighted by molar-refractivity contribution is -0.327. The Balaban J connectivity index is 1.96. The van der Waals surface area contributed by atoms with Gasteiger partial charge in [0, 0.05) is 34.1 Å². The van der Waals surface area contributed by atoms with Crippen LogP contribution in [0.4, 0.5) is 0 Å². The molecule has 2 bridgehead atoms. The molecule has 3 saturated heterocycles. The number of carbonyl (C=O) groups excluding carboxylic acids is 6. The van der Waals surface area contributed by atoms with Gasteiger partial charge in [0.1, 0.15) is 18.8 Å². The predicted molar refractivity (Wildman–Crippen MR) is 115 cm³/mol. The lowest BCUT2D eigenvalue weighted by Crippen LogP contribution is -2.64. The normalized spacial score (nSPS) is 34.5. The summed E-state index contributed by atoms with van der Waals surface area (Å²) >= 11 is 0. The number of hydrogen-bond donors (Lipinski definition) is 0. The minimum atomic E-state index is -1.48. The zero-order chi connectivity index (χ0) is 27.4. The minimum absolute atomic E-state index is 0.205. The molecule has 0 aromatic rings. The second-order valence-electron chi connectivity index (χ2n) is 8.93. The highest BCUT2D eigenvalue weighted by Gasteiger charge is 2.57. The third-order valence-electron chi connectivity index (χ3n) is 6.16. The molecule has 0 aromatic carbocycles. The molecule has 14 nitrogen and oxygen atoms in total. The Morgan fingerprint density at radius 3 is 1.97 bits per heavy atom. The second-order valence-corrected chi connectivity index (χ2v) is 8.93. The number of rotatable bonds is 8. The molecule has 0 amide bonds. The summed E-state index contributed by atoms with van der Waals surface area (Å²) in [6.07, 6.45) is -8.00. The predicted octanol–water partition coefficient (Wildman–Crippen LogP) is -0.421. The maximum atomic E-state index is 12.6. The molecule has 4 aliphatic rings. The Morgan fingerprint density at radius 2 is 1.43 bits per heavy atom. The van der Waals surface area contributed by atoms with Gasteiger partial charge in [-0.05, 0) is 6.42 Å². The molecule has 0 radical (unpaired) electrons. The molecule has 206 valence electrons. The molecule has 4 rings (SSSR count). The topological polar surface area (TPSA) is 176 Å². The lowest BCUT2D eigenvalue weighted by atomic mass is 9.73. The van der Waals surface area contributed by atoms with E-state index in [4.69, 9.17) is 37.9 Å². The van der Waals surface area contributed by atoms with Crippen LogP contribution in [0.25, 0.3) is 0 Å². The van der Waals surface area contributed by atoms with Gasteiger partial charge in [-0.15, -0.1) is 0 Å². The first-order valence-electron chi connectivity index (χ1n) is 11.7. The Hall–Kier alpha value is -3.26. The summed E-state index contributed by atoms with van der Waals surface area (Å²) < 4.78 is 43.3. The summed E-state index contributed by atoms with van der Waals surface area (Å²) in [5.74, 6) is -6.16. The van der Waals surface area contributed by atoms with Gasteiger partial charge in [-0.2, -0.15) is 0 Å². The van der Waals surface area contributed by atoms with Crippen LogP contribution in [0, 0.1) is 11.8 Å². The quantitative estimate of drug-likeness (QED) is 0.292. The average molecular weight is 530 g/mol. The van der Waals surface area contributed by atoms with E-state index >= 15 is 0 Å². The van der Waals surface area contributed by atoms with E-state index < -0.39 is 97.2 Å². The standard InChI is InChI=1S/C23H30O14/c1-9(24)31-8-16-18(32-10(2)25)19(33-11(3)26)20(34-12(4)27)23(37-16)36-15-7-13-6-14(21(28)30-5)17(15)22(29)35-13/h13-20,23H,6-8H2,1-5H3/t13-,14+,15-,16-,17+,18-,19+,20-,23-/m1/s1. The van der Waals surface area contributed by atoms with Crippen molar-refractivity contribution < 1.29 is 66.7 Å². The molecule has 9 atom stereocenters. The maximum Gasteiger partial charge on any atom is 0.312 e. The van der Waals surface area contributed by atoms with Gasteiger partial charge in [0.05, 0.1) is 25.0 Å². The Kier molecular flexibility index (Phi) is 9.07. The highest BCUT2D eigenvalue weighted by atomic mass is 16.7. The van der Waals surface area contributed by atoms with E-state index in [1.165, 1.54) is 7.11 Å².